The molecular formula is C3H10N2O. The monoisotopic (exact) mass is 90.1 g/mol. The summed E-state index contributed by atoms with van der Waals surface area (Å²) >= 11 is 0. The summed E-state index contributed by atoms with van der Waals surface area (Å²) in [4.78, 5) is 0. The number of aliphatic hydroxyl groups excluding tert-OH is 1. The second-order valence-corrected chi connectivity index (χ2v) is 1.13. The fraction of sp³-hybridized carbons (Fsp3) is 1.00. The highest BCUT2D eigenvalue weighted by Gasteiger charge is 1.86. The summed E-state index contributed by atoms with van der Waals surface area (Å²) in [6.07, 6.45) is -0.713. The van der Waals surface area contributed by atoms with E-state index in [4.69, 9.17) is 10.8 Å². The zero-order valence-corrected chi connectivity index (χ0v) is 3.81. The molecule has 0 aliphatic heterocycles. The lowest BCUT2D eigenvalue weighted by Gasteiger charge is -1.98. The summed E-state index contributed by atoms with van der Waals surface area (Å²) < 4.78 is 0. The van der Waals surface area contributed by atoms with Crippen molar-refractivity contribution in [1.82, 2.24) is 5.32 Å². The number of hydrogen-bond donors (Lipinski definition) is 3. The van der Waals surface area contributed by atoms with Crippen molar-refractivity contribution in [1.29, 1.82) is 0 Å². The van der Waals surface area contributed by atoms with Crippen LogP contribution in [0.5, 0.6) is 0 Å². The van der Waals surface area contributed by atoms with Crippen LogP contribution >= 0.6 is 0 Å². The van der Waals surface area contributed by atoms with Crippen molar-refractivity contribution in [3.63, 3.8) is 0 Å². The first-order chi connectivity index (χ1) is 2.77. The molecule has 38 valence electrons. The summed E-state index contributed by atoms with van der Waals surface area (Å²) in [5.74, 6) is 0. The molecule has 0 rings (SSSR count). The first-order valence-electron chi connectivity index (χ1n) is 1.85. The Morgan fingerprint density at radius 2 is 2.50 bits per heavy atom. The quantitative estimate of drug-likeness (QED) is 0.361. The molecule has 0 fully saturated rings. The summed E-state index contributed by atoms with van der Waals surface area (Å²) in [7, 11) is 1.73. The average Bonchev–Trinajstić information content (AvgIpc) is 1.35. The number of aliphatic hydroxyl groups is 1. The standard InChI is InChI=1S/C3H10N2O/c1-5-2-3(4)6/h3,5-6H,2,4H2,1H3. The highest BCUT2D eigenvalue weighted by Crippen LogP contribution is 1.57. The molecular weight excluding hydrogens is 80.0 g/mol. The van der Waals surface area contributed by atoms with E-state index in [0.29, 0.717) is 6.54 Å². The van der Waals surface area contributed by atoms with E-state index in [1.54, 1.807) is 7.05 Å². The van der Waals surface area contributed by atoms with Crippen LogP contribution in [0, 0.1) is 0 Å². The highest BCUT2D eigenvalue weighted by molar-refractivity contribution is 4.42. The van der Waals surface area contributed by atoms with Gasteiger partial charge >= 0.3 is 0 Å². The van der Waals surface area contributed by atoms with Crippen LogP contribution in [0.2, 0.25) is 0 Å². The largest absolute Gasteiger partial charge is 0.377 e. The van der Waals surface area contributed by atoms with Crippen molar-refractivity contribution in [3.05, 3.63) is 0 Å². The molecule has 0 aromatic rings. The average molecular weight is 90.1 g/mol. The predicted octanol–water partition coefficient (Wildman–Crippen LogP) is -1.52. The third kappa shape index (κ3) is 3.88. The van der Waals surface area contributed by atoms with Crippen molar-refractivity contribution in [2.45, 2.75) is 6.23 Å². The molecule has 0 bridgehead atoms. The molecule has 0 aromatic carbocycles. The van der Waals surface area contributed by atoms with Gasteiger partial charge in [0.15, 0.2) is 0 Å². The minimum atomic E-state index is -0.713. The highest BCUT2D eigenvalue weighted by atomic mass is 16.3. The zero-order valence-electron chi connectivity index (χ0n) is 3.81. The Balaban J connectivity index is 2.63. The Hall–Kier alpha value is -0.120. The summed E-state index contributed by atoms with van der Waals surface area (Å²) in [5.41, 5.74) is 4.90. The third-order valence-corrected chi connectivity index (χ3v) is 0.413. The van der Waals surface area contributed by atoms with Crippen LogP contribution in [-0.4, -0.2) is 24.9 Å². The van der Waals surface area contributed by atoms with Gasteiger partial charge in [-0.3, -0.25) is 0 Å². The van der Waals surface area contributed by atoms with Crippen molar-refractivity contribution in [3.8, 4) is 0 Å². The van der Waals surface area contributed by atoms with E-state index in [-0.39, 0.29) is 0 Å². The van der Waals surface area contributed by atoms with Crippen molar-refractivity contribution >= 4 is 0 Å². The molecule has 0 spiro atoms. The maximum atomic E-state index is 8.27. The molecule has 6 heavy (non-hydrogen) atoms. The Morgan fingerprint density at radius 3 is 2.50 bits per heavy atom. The first-order valence-corrected chi connectivity index (χ1v) is 1.85. The first kappa shape index (κ1) is 5.88. The lowest BCUT2D eigenvalue weighted by atomic mass is 10.6. The molecule has 3 heteroatoms. The fourth-order valence-electron chi connectivity index (χ4n) is 0.209. The third-order valence-electron chi connectivity index (χ3n) is 0.413. The molecule has 0 aliphatic carbocycles. The summed E-state index contributed by atoms with van der Waals surface area (Å²) in [5, 5.41) is 11.0. The SMILES string of the molecule is CNCC(N)O. The Bertz CT molecular complexity index is 30.0. The Labute approximate surface area is 37.2 Å². The van der Waals surface area contributed by atoms with Gasteiger partial charge in [0.25, 0.3) is 0 Å². The number of rotatable bonds is 2. The smallest absolute Gasteiger partial charge is 0.115 e. The van der Waals surface area contributed by atoms with Crippen LogP contribution in [-0.2, 0) is 0 Å². The summed E-state index contributed by atoms with van der Waals surface area (Å²) in [6, 6.07) is 0. The van der Waals surface area contributed by atoms with Gasteiger partial charge in [0.1, 0.15) is 6.23 Å². The molecule has 0 heterocycles. The molecule has 4 N–H and O–H groups in total. The van der Waals surface area contributed by atoms with Crippen LogP contribution in [0.4, 0.5) is 0 Å². The second kappa shape index (κ2) is 3.08. The van der Waals surface area contributed by atoms with E-state index in [1.165, 1.54) is 0 Å². The molecule has 1 unspecified atom stereocenters. The normalized spacial score (nSPS) is 14.5. The van der Waals surface area contributed by atoms with E-state index < -0.39 is 6.23 Å². The van der Waals surface area contributed by atoms with Crippen LogP contribution in [0.25, 0.3) is 0 Å². The van der Waals surface area contributed by atoms with Gasteiger partial charge in [-0.2, -0.15) is 0 Å². The lowest BCUT2D eigenvalue weighted by Crippen LogP contribution is -2.30. The Kier molecular flexibility index (Phi) is 3.02. The predicted molar refractivity (Wildman–Crippen MR) is 24.1 cm³/mol. The molecule has 0 radical (unpaired) electrons. The van der Waals surface area contributed by atoms with Gasteiger partial charge in [0.2, 0.25) is 0 Å². The van der Waals surface area contributed by atoms with Gasteiger partial charge in [0.05, 0.1) is 0 Å². The molecule has 1 atom stereocenters. The van der Waals surface area contributed by atoms with Gasteiger partial charge < -0.3 is 16.2 Å². The molecule has 0 amide bonds. The zero-order chi connectivity index (χ0) is 4.99. The van der Waals surface area contributed by atoms with Crippen molar-refractivity contribution in [2.24, 2.45) is 5.73 Å². The van der Waals surface area contributed by atoms with Crippen LogP contribution in [0.1, 0.15) is 0 Å². The van der Waals surface area contributed by atoms with Crippen LogP contribution < -0.4 is 11.1 Å². The van der Waals surface area contributed by atoms with Crippen molar-refractivity contribution in [2.75, 3.05) is 13.6 Å². The van der Waals surface area contributed by atoms with Crippen molar-refractivity contribution < 1.29 is 5.11 Å². The molecule has 0 aliphatic rings. The van der Waals surface area contributed by atoms with Gasteiger partial charge in [0, 0.05) is 6.54 Å². The number of likely N-dealkylation sites (N-methyl/N-ethyl adjacent to an activating group) is 1. The van der Waals surface area contributed by atoms with E-state index in [0.717, 1.165) is 0 Å². The van der Waals surface area contributed by atoms with Gasteiger partial charge in [-0.15, -0.1) is 0 Å². The number of nitrogens with two attached hydrogens (primary N) is 1. The van der Waals surface area contributed by atoms with E-state index >= 15 is 0 Å². The number of nitrogens with one attached hydrogen (secondary N) is 1. The van der Waals surface area contributed by atoms with E-state index in [2.05, 4.69) is 5.32 Å². The maximum absolute atomic E-state index is 8.27. The Morgan fingerprint density at radius 1 is 2.00 bits per heavy atom. The molecule has 3 nitrogen and oxygen atoms in total. The topological polar surface area (TPSA) is 58.3 Å². The second-order valence-electron chi connectivity index (χ2n) is 1.13. The van der Waals surface area contributed by atoms with Gasteiger partial charge in [-0.25, -0.2) is 0 Å². The van der Waals surface area contributed by atoms with Crippen LogP contribution in [0.15, 0.2) is 0 Å². The van der Waals surface area contributed by atoms with E-state index in [1.807, 2.05) is 0 Å². The van der Waals surface area contributed by atoms with Gasteiger partial charge in [-0.05, 0) is 7.05 Å². The van der Waals surface area contributed by atoms with E-state index in [9.17, 15) is 0 Å². The molecule has 0 saturated carbocycles. The lowest BCUT2D eigenvalue weighted by molar-refractivity contribution is 0.182. The summed E-state index contributed by atoms with van der Waals surface area (Å²) in [6.45, 7) is 0.458. The molecule has 0 aromatic heterocycles. The molecule has 0 saturated heterocycles. The minimum absolute atomic E-state index is 0.458. The number of hydrogen-bond acceptors (Lipinski definition) is 3. The van der Waals surface area contributed by atoms with Crippen LogP contribution in [0.3, 0.4) is 0 Å². The minimum Gasteiger partial charge on any atom is -0.377 e. The van der Waals surface area contributed by atoms with Gasteiger partial charge in [-0.1, -0.05) is 0 Å². The maximum Gasteiger partial charge on any atom is 0.115 e. The fourth-order valence-corrected chi connectivity index (χ4v) is 0.209.